The molecule has 1 aromatic carbocycles. The van der Waals surface area contributed by atoms with Crippen molar-refractivity contribution >= 4 is 17.6 Å². The number of hydrogen-bond acceptors (Lipinski definition) is 3. The van der Waals surface area contributed by atoms with E-state index in [1.807, 2.05) is 6.07 Å². The molecule has 2 rings (SSSR count). The second-order valence-corrected chi connectivity index (χ2v) is 4.24. The third-order valence-electron chi connectivity index (χ3n) is 2.71. The molecular weight excluding hydrogens is 256 g/mol. The summed E-state index contributed by atoms with van der Waals surface area (Å²) < 4.78 is 4.89. The summed E-state index contributed by atoms with van der Waals surface area (Å²) in [6.07, 6.45) is 3.86. The minimum absolute atomic E-state index is 0.103. The van der Waals surface area contributed by atoms with Crippen molar-refractivity contribution in [3.8, 4) is 0 Å². The van der Waals surface area contributed by atoms with Gasteiger partial charge >= 0.3 is 5.97 Å². The monoisotopic (exact) mass is 272 g/mol. The SMILES string of the molecule is CCOC(=O)c1ccc(NC(=O)Cc2cc[nH]c2)cc1. The molecule has 2 N–H and O–H groups in total. The van der Waals surface area contributed by atoms with Crippen LogP contribution in [0.3, 0.4) is 0 Å². The predicted octanol–water partition coefficient (Wildman–Crippen LogP) is 2.37. The van der Waals surface area contributed by atoms with Crippen LogP contribution in [0.4, 0.5) is 5.69 Å². The number of benzene rings is 1. The van der Waals surface area contributed by atoms with Crippen LogP contribution in [0.2, 0.25) is 0 Å². The van der Waals surface area contributed by atoms with Gasteiger partial charge in [0.15, 0.2) is 0 Å². The Morgan fingerprint density at radius 3 is 2.55 bits per heavy atom. The molecule has 0 atom stereocenters. The van der Waals surface area contributed by atoms with Crippen molar-refractivity contribution in [2.45, 2.75) is 13.3 Å². The Bertz CT molecular complexity index is 574. The zero-order valence-corrected chi connectivity index (χ0v) is 11.2. The van der Waals surface area contributed by atoms with Crippen molar-refractivity contribution in [3.63, 3.8) is 0 Å². The van der Waals surface area contributed by atoms with E-state index in [-0.39, 0.29) is 11.9 Å². The van der Waals surface area contributed by atoms with Crippen LogP contribution in [0.15, 0.2) is 42.7 Å². The maximum atomic E-state index is 11.8. The Morgan fingerprint density at radius 2 is 1.95 bits per heavy atom. The lowest BCUT2D eigenvalue weighted by molar-refractivity contribution is -0.115. The molecule has 0 aliphatic heterocycles. The Labute approximate surface area is 117 Å². The van der Waals surface area contributed by atoms with Gasteiger partial charge in [0.25, 0.3) is 0 Å². The smallest absolute Gasteiger partial charge is 0.338 e. The van der Waals surface area contributed by atoms with Crippen molar-refractivity contribution in [2.75, 3.05) is 11.9 Å². The first-order valence-corrected chi connectivity index (χ1v) is 6.37. The van der Waals surface area contributed by atoms with Gasteiger partial charge in [0.05, 0.1) is 18.6 Å². The Morgan fingerprint density at radius 1 is 1.20 bits per heavy atom. The highest BCUT2D eigenvalue weighted by molar-refractivity contribution is 5.93. The summed E-state index contributed by atoms with van der Waals surface area (Å²) >= 11 is 0. The molecule has 1 heterocycles. The van der Waals surface area contributed by atoms with Gasteiger partial charge in [-0.25, -0.2) is 4.79 Å². The van der Waals surface area contributed by atoms with Crippen molar-refractivity contribution < 1.29 is 14.3 Å². The van der Waals surface area contributed by atoms with Gasteiger partial charge in [-0.2, -0.15) is 0 Å². The molecule has 2 aromatic rings. The van der Waals surface area contributed by atoms with E-state index in [0.29, 0.717) is 24.3 Å². The number of aromatic amines is 1. The maximum absolute atomic E-state index is 11.8. The van der Waals surface area contributed by atoms with E-state index in [2.05, 4.69) is 10.3 Å². The van der Waals surface area contributed by atoms with Crippen LogP contribution >= 0.6 is 0 Å². The zero-order chi connectivity index (χ0) is 14.4. The summed E-state index contributed by atoms with van der Waals surface area (Å²) in [5.74, 6) is -0.466. The molecule has 5 heteroatoms. The lowest BCUT2D eigenvalue weighted by Crippen LogP contribution is -2.14. The number of amides is 1. The molecule has 0 saturated carbocycles. The van der Waals surface area contributed by atoms with E-state index in [4.69, 9.17) is 4.74 Å². The van der Waals surface area contributed by atoms with Gasteiger partial charge in [0.1, 0.15) is 0 Å². The molecule has 0 spiro atoms. The summed E-state index contributed by atoms with van der Waals surface area (Å²) in [6.45, 7) is 2.10. The second kappa shape index (κ2) is 6.56. The van der Waals surface area contributed by atoms with Crippen molar-refractivity contribution in [1.82, 2.24) is 4.98 Å². The second-order valence-electron chi connectivity index (χ2n) is 4.24. The van der Waals surface area contributed by atoms with E-state index in [0.717, 1.165) is 5.56 Å². The van der Waals surface area contributed by atoms with E-state index >= 15 is 0 Å². The number of esters is 1. The number of hydrogen-bond donors (Lipinski definition) is 2. The molecule has 0 bridgehead atoms. The topological polar surface area (TPSA) is 71.2 Å². The summed E-state index contributed by atoms with van der Waals surface area (Å²) in [4.78, 5) is 26.2. The number of ether oxygens (including phenoxy) is 1. The number of aromatic nitrogens is 1. The van der Waals surface area contributed by atoms with Crippen LogP contribution in [0.1, 0.15) is 22.8 Å². The van der Waals surface area contributed by atoms with Gasteiger partial charge in [-0.15, -0.1) is 0 Å². The molecule has 1 amide bonds. The van der Waals surface area contributed by atoms with Crippen molar-refractivity contribution in [3.05, 3.63) is 53.9 Å². The standard InChI is InChI=1S/C15H16N2O3/c1-2-20-15(19)12-3-5-13(6-4-12)17-14(18)9-11-7-8-16-10-11/h3-8,10,16H,2,9H2,1H3,(H,17,18). The lowest BCUT2D eigenvalue weighted by atomic mass is 10.2. The molecule has 0 radical (unpaired) electrons. The van der Waals surface area contributed by atoms with Crippen LogP contribution in [-0.2, 0) is 16.0 Å². The largest absolute Gasteiger partial charge is 0.462 e. The van der Waals surface area contributed by atoms with Gasteiger partial charge < -0.3 is 15.0 Å². The van der Waals surface area contributed by atoms with Gasteiger partial charge in [-0.05, 0) is 42.8 Å². The first-order chi connectivity index (χ1) is 9.69. The average molecular weight is 272 g/mol. The molecule has 0 aliphatic rings. The molecular formula is C15H16N2O3. The number of rotatable bonds is 5. The molecule has 1 aromatic heterocycles. The van der Waals surface area contributed by atoms with Gasteiger partial charge in [0.2, 0.25) is 5.91 Å². The zero-order valence-electron chi connectivity index (χ0n) is 11.2. The van der Waals surface area contributed by atoms with E-state index in [1.165, 1.54) is 0 Å². The number of nitrogens with one attached hydrogen (secondary N) is 2. The van der Waals surface area contributed by atoms with Crippen LogP contribution in [0.25, 0.3) is 0 Å². The van der Waals surface area contributed by atoms with Crippen LogP contribution in [0.5, 0.6) is 0 Å². The predicted molar refractivity (Wildman–Crippen MR) is 75.5 cm³/mol. The van der Waals surface area contributed by atoms with E-state index < -0.39 is 0 Å². The first-order valence-electron chi connectivity index (χ1n) is 6.37. The molecule has 20 heavy (non-hydrogen) atoms. The lowest BCUT2D eigenvalue weighted by Gasteiger charge is -2.06. The number of carbonyl (C=O) groups is 2. The first kappa shape index (κ1) is 13.9. The number of carbonyl (C=O) groups excluding carboxylic acids is 2. The minimum Gasteiger partial charge on any atom is -0.462 e. The highest BCUT2D eigenvalue weighted by Gasteiger charge is 2.07. The van der Waals surface area contributed by atoms with E-state index in [1.54, 1.807) is 43.6 Å². The molecule has 0 aliphatic carbocycles. The van der Waals surface area contributed by atoms with Gasteiger partial charge in [-0.1, -0.05) is 0 Å². The molecule has 0 saturated heterocycles. The minimum atomic E-state index is -0.363. The average Bonchev–Trinajstić information content (AvgIpc) is 2.92. The molecule has 0 fully saturated rings. The van der Waals surface area contributed by atoms with Crippen molar-refractivity contribution in [1.29, 1.82) is 0 Å². The highest BCUT2D eigenvalue weighted by atomic mass is 16.5. The third-order valence-corrected chi connectivity index (χ3v) is 2.71. The molecule has 0 unspecified atom stereocenters. The van der Waals surface area contributed by atoms with Crippen LogP contribution in [0, 0.1) is 0 Å². The fraction of sp³-hybridized carbons (Fsp3) is 0.200. The Balaban J connectivity index is 1.93. The normalized spacial score (nSPS) is 10.1. The number of H-pyrrole nitrogens is 1. The quantitative estimate of drug-likeness (QED) is 0.821. The Hall–Kier alpha value is -2.56. The maximum Gasteiger partial charge on any atom is 0.338 e. The van der Waals surface area contributed by atoms with E-state index in [9.17, 15) is 9.59 Å². The molecule has 104 valence electrons. The van der Waals surface area contributed by atoms with Crippen molar-refractivity contribution in [2.24, 2.45) is 0 Å². The third kappa shape index (κ3) is 3.71. The number of anilines is 1. The molecule has 5 nitrogen and oxygen atoms in total. The summed E-state index contributed by atoms with van der Waals surface area (Å²) in [5, 5.41) is 2.77. The summed E-state index contributed by atoms with van der Waals surface area (Å²) in [5.41, 5.74) is 2.04. The van der Waals surface area contributed by atoms with Crippen LogP contribution < -0.4 is 5.32 Å². The summed E-state index contributed by atoms with van der Waals surface area (Å²) in [6, 6.07) is 8.47. The highest BCUT2D eigenvalue weighted by Crippen LogP contribution is 2.11. The van der Waals surface area contributed by atoms with Gasteiger partial charge in [-0.3, -0.25) is 4.79 Å². The van der Waals surface area contributed by atoms with Gasteiger partial charge in [0, 0.05) is 18.1 Å². The fourth-order valence-electron chi connectivity index (χ4n) is 1.76. The summed E-state index contributed by atoms with van der Waals surface area (Å²) in [7, 11) is 0. The fourth-order valence-corrected chi connectivity index (χ4v) is 1.76. The Kier molecular flexibility index (Phi) is 4.55. The van der Waals surface area contributed by atoms with Crippen LogP contribution in [-0.4, -0.2) is 23.5 Å².